The van der Waals surface area contributed by atoms with E-state index in [2.05, 4.69) is 6.92 Å². The molecule has 2 N–H and O–H groups in total. The molecule has 0 saturated carbocycles. The molecule has 0 spiro atoms. The largest absolute Gasteiger partial charge is 0.326 e. The molecule has 0 saturated heterocycles. The van der Waals surface area contributed by atoms with E-state index >= 15 is 0 Å². The minimum atomic E-state index is -0.0185. The first-order chi connectivity index (χ1) is 4.74. The predicted molar refractivity (Wildman–Crippen MR) is 38.9 cm³/mol. The van der Waals surface area contributed by atoms with Crippen molar-refractivity contribution in [3.63, 3.8) is 0 Å². The van der Waals surface area contributed by atoms with E-state index in [1.165, 1.54) is 6.07 Å². The lowest BCUT2D eigenvalue weighted by Gasteiger charge is -1.97. The Kier molecular flexibility index (Phi) is 1.92. The fourth-order valence-corrected chi connectivity index (χ4v) is 0.768. The van der Waals surface area contributed by atoms with Gasteiger partial charge in [0.25, 0.3) is 0 Å². The first-order valence-electron chi connectivity index (χ1n) is 3.06. The van der Waals surface area contributed by atoms with Crippen molar-refractivity contribution in [3.8, 4) is 5.75 Å². The summed E-state index contributed by atoms with van der Waals surface area (Å²) in [6.45, 7) is 3.92. The molecule has 0 heterocycles. The summed E-state index contributed by atoms with van der Waals surface area (Å²) < 4.78 is 0. The van der Waals surface area contributed by atoms with Crippen molar-refractivity contribution in [1.29, 1.82) is 0 Å². The highest BCUT2D eigenvalue weighted by molar-refractivity contribution is 5.36. The van der Waals surface area contributed by atoms with Gasteiger partial charge >= 0.3 is 0 Å². The Labute approximate surface area is 60.3 Å². The summed E-state index contributed by atoms with van der Waals surface area (Å²) in [6.07, 6.45) is 0. The van der Waals surface area contributed by atoms with Crippen molar-refractivity contribution in [2.24, 2.45) is 5.73 Å². The van der Waals surface area contributed by atoms with Gasteiger partial charge in [-0.25, -0.2) is 0 Å². The smallest absolute Gasteiger partial charge is 0.183 e. The average molecular weight is 135 g/mol. The third kappa shape index (κ3) is 1.28. The third-order valence-corrected chi connectivity index (χ3v) is 1.35. The number of hydrogen-bond acceptors (Lipinski definition) is 1. The van der Waals surface area contributed by atoms with Crippen LogP contribution in [0.25, 0.3) is 0 Å². The van der Waals surface area contributed by atoms with Crippen LogP contribution in [0.3, 0.4) is 0 Å². The highest BCUT2D eigenvalue weighted by Gasteiger charge is 1.98. The van der Waals surface area contributed by atoms with Crippen LogP contribution >= 0.6 is 0 Å². The molecule has 0 atom stereocenters. The highest BCUT2D eigenvalue weighted by Crippen LogP contribution is 2.17. The molecule has 0 aromatic heterocycles. The average Bonchev–Trinajstić information content (AvgIpc) is 1.88. The molecule has 0 aliphatic heterocycles. The standard InChI is InChI=1S/C8H9NO/c1-6-2-3-7(5-9)8(10)4-6/h2-4H,1,5,9H2. The molecule has 52 valence electrons. The molecular formula is C8H9NO. The zero-order valence-electron chi connectivity index (χ0n) is 5.63. The summed E-state index contributed by atoms with van der Waals surface area (Å²) in [6, 6.07) is 4.98. The fraction of sp³-hybridized carbons (Fsp3) is 0.125. The van der Waals surface area contributed by atoms with Gasteiger partial charge < -0.3 is 5.73 Å². The van der Waals surface area contributed by atoms with E-state index in [0.29, 0.717) is 12.1 Å². The Morgan fingerprint density at radius 1 is 1.50 bits per heavy atom. The molecule has 2 heteroatoms. The summed E-state index contributed by atoms with van der Waals surface area (Å²) in [5.74, 6) is -0.0185. The molecule has 0 fully saturated rings. The van der Waals surface area contributed by atoms with E-state index in [0.717, 1.165) is 5.56 Å². The van der Waals surface area contributed by atoms with Crippen LogP contribution in [0.4, 0.5) is 0 Å². The van der Waals surface area contributed by atoms with Crippen LogP contribution in [-0.2, 0) is 11.7 Å². The van der Waals surface area contributed by atoms with E-state index in [1.54, 1.807) is 12.1 Å². The second kappa shape index (κ2) is 2.71. The van der Waals surface area contributed by atoms with Gasteiger partial charge in [0.2, 0.25) is 0 Å². The Morgan fingerprint density at radius 2 is 2.20 bits per heavy atom. The maximum absolute atomic E-state index is 11.0. The summed E-state index contributed by atoms with van der Waals surface area (Å²) in [5.41, 5.74) is 6.66. The fourth-order valence-electron chi connectivity index (χ4n) is 0.768. The molecule has 2 radical (unpaired) electrons. The van der Waals surface area contributed by atoms with Crippen LogP contribution in [0.2, 0.25) is 0 Å². The van der Waals surface area contributed by atoms with Crippen molar-refractivity contribution in [3.05, 3.63) is 36.2 Å². The molecule has 1 aromatic rings. The topological polar surface area (TPSA) is 45.9 Å². The quantitative estimate of drug-likeness (QED) is 0.622. The molecule has 1 rings (SSSR count). The number of nitrogens with two attached hydrogens (primary N) is 1. The number of hydrogen-bond donors (Lipinski definition) is 1. The van der Waals surface area contributed by atoms with E-state index in [9.17, 15) is 5.11 Å². The molecule has 0 amide bonds. The van der Waals surface area contributed by atoms with Gasteiger partial charge in [0.15, 0.2) is 5.75 Å². The zero-order valence-corrected chi connectivity index (χ0v) is 5.63. The third-order valence-electron chi connectivity index (χ3n) is 1.35. The maximum Gasteiger partial charge on any atom is 0.183 e. The molecule has 0 bridgehead atoms. The van der Waals surface area contributed by atoms with Gasteiger partial charge in [0, 0.05) is 12.1 Å². The van der Waals surface area contributed by atoms with E-state index in [1.807, 2.05) is 0 Å². The summed E-state index contributed by atoms with van der Waals surface area (Å²) in [7, 11) is 0. The Bertz CT molecular complexity index is 233. The van der Waals surface area contributed by atoms with E-state index in [4.69, 9.17) is 5.73 Å². The molecule has 1 aromatic carbocycles. The van der Waals surface area contributed by atoms with Crippen molar-refractivity contribution in [1.82, 2.24) is 0 Å². The van der Waals surface area contributed by atoms with Crippen LogP contribution in [0, 0.1) is 6.92 Å². The lowest BCUT2D eigenvalue weighted by Crippen LogP contribution is -1.95. The first-order valence-corrected chi connectivity index (χ1v) is 3.06. The Morgan fingerprint density at radius 3 is 2.70 bits per heavy atom. The van der Waals surface area contributed by atoms with Crippen LogP contribution in [0.5, 0.6) is 5.75 Å². The molecule has 2 nitrogen and oxygen atoms in total. The molecular weight excluding hydrogens is 126 g/mol. The number of rotatable bonds is 1. The maximum atomic E-state index is 11.0. The van der Waals surface area contributed by atoms with Crippen molar-refractivity contribution in [2.45, 2.75) is 6.54 Å². The van der Waals surface area contributed by atoms with Crippen molar-refractivity contribution in [2.75, 3.05) is 0 Å². The summed E-state index contributed by atoms with van der Waals surface area (Å²) in [4.78, 5) is 0. The van der Waals surface area contributed by atoms with Crippen molar-refractivity contribution < 1.29 is 5.11 Å². The lowest BCUT2D eigenvalue weighted by atomic mass is 10.1. The zero-order chi connectivity index (χ0) is 7.56. The molecule has 0 unspecified atom stereocenters. The van der Waals surface area contributed by atoms with Crippen LogP contribution in [-0.4, -0.2) is 0 Å². The monoisotopic (exact) mass is 135 g/mol. The predicted octanol–water partition coefficient (Wildman–Crippen LogP) is 1.47. The molecule has 10 heavy (non-hydrogen) atoms. The van der Waals surface area contributed by atoms with Crippen LogP contribution < -0.4 is 5.73 Å². The second-order valence-electron chi connectivity index (χ2n) is 2.15. The van der Waals surface area contributed by atoms with Gasteiger partial charge in [-0.2, -0.15) is 0 Å². The molecule has 0 aliphatic rings. The minimum Gasteiger partial charge on any atom is -0.326 e. The van der Waals surface area contributed by atoms with Gasteiger partial charge in [-0.15, -0.1) is 0 Å². The Hall–Kier alpha value is -1.02. The van der Waals surface area contributed by atoms with Gasteiger partial charge in [0.1, 0.15) is 0 Å². The number of benzene rings is 1. The summed E-state index contributed by atoms with van der Waals surface area (Å²) >= 11 is 0. The summed E-state index contributed by atoms with van der Waals surface area (Å²) in [5, 5.41) is 11.0. The van der Waals surface area contributed by atoms with Gasteiger partial charge in [-0.05, 0) is 18.6 Å². The minimum absolute atomic E-state index is 0.0185. The normalized spacial score (nSPS) is 9.80. The first kappa shape index (κ1) is 7.09. The molecule has 0 aliphatic carbocycles. The van der Waals surface area contributed by atoms with Crippen molar-refractivity contribution >= 4 is 0 Å². The van der Waals surface area contributed by atoms with E-state index in [-0.39, 0.29) is 5.75 Å². The second-order valence-corrected chi connectivity index (χ2v) is 2.15. The van der Waals surface area contributed by atoms with Gasteiger partial charge in [-0.1, -0.05) is 12.1 Å². The Balaban J connectivity index is 3.07. The lowest BCUT2D eigenvalue weighted by molar-refractivity contribution is 0.350. The van der Waals surface area contributed by atoms with Gasteiger partial charge in [0.05, 0.1) is 0 Å². The SMILES string of the molecule is [CH2]c1ccc(CN)c([O])c1. The van der Waals surface area contributed by atoms with Crippen LogP contribution in [0.1, 0.15) is 11.1 Å². The van der Waals surface area contributed by atoms with E-state index < -0.39 is 0 Å². The van der Waals surface area contributed by atoms with Crippen LogP contribution in [0.15, 0.2) is 18.2 Å². The van der Waals surface area contributed by atoms with Gasteiger partial charge in [-0.3, -0.25) is 5.11 Å². The highest BCUT2D eigenvalue weighted by atomic mass is 16.3.